The topological polar surface area (TPSA) is 44.9 Å². The zero-order chi connectivity index (χ0) is 11.7. The van der Waals surface area contributed by atoms with Crippen LogP contribution in [0.25, 0.3) is 10.9 Å². The van der Waals surface area contributed by atoms with Gasteiger partial charge in [-0.25, -0.2) is 0 Å². The van der Waals surface area contributed by atoms with Gasteiger partial charge in [0.25, 0.3) is 5.91 Å². The molecule has 84 valence electrons. The Hall–Kier alpha value is -1.77. The zero-order valence-corrected chi connectivity index (χ0v) is 9.85. The molecule has 0 unspecified atom stereocenters. The lowest BCUT2D eigenvalue weighted by molar-refractivity contribution is 0.0957. The molecule has 3 nitrogen and oxygen atoms in total. The number of H-pyrrole nitrogens is 1. The van der Waals surface area contributed by atoms with Crippen LogP contribution < -0.4 is 5.32 Å². The first-order valence-corrected chi connectivity index (χ1v) is 5.50. The van der Waals surface area contributed by atoms with Gasteiger partial charge in [0, 0.05) is 23.1 Å². The number of rotatable bonds is 2. The van der Waals surface area contributed by atoms with Crippen molar-refractivity contribution in [2.24, 2.45) is 0 Å². The molecule has 0 spiro atoms. The number of amides is 1. The quantitative estimate of drug-likeness (QED) is 0.796. The number of aromatic nitrogens is 1. The van der Waals surface area contributed by atoms with Gasteiger partial charge in [0.15, 0.2) is 0 Å². The highest BCUT2D eigenvalue weighted by atomic mass is 16.1. The fourth-order valence-electron chi connectivity index (χ4n) is 1.98. The maximum atomic E-state index is 11.9. The standard InChI is InChI=1S/C13H16N2O/c1-4-14-13(16)12-9(3)15-11-6-5-8(2)7-10(11)12/h5-7,15H,4H2,1-3H3,(H,14,16). The van der Waals surface area contributed by atoms with Crippen molar-refractivity contribution < 1.29 is 4.79 Å². The Balaban J connectivity index is 2.62. The number of hydrogen-bond donors (Lipinski definition) is 2. The molecule has 3 heteroatoms. The highest BCUT2D eigenvalue weighted by Gasteiger charge is 2.14. The van der Waals surface area contributed by atoms with E-state index in [0.29, 0.717) is 6.54 Å². The summed E-state index contributed by atoms with van der Waals surface area (Å²) in [6, 6.07) is 6.10. The van der Waals surface area contributed by atoms with Gasteiger partial charge < -0.3 is 10.3 Å². The smallest absolute Gasteiger partial charge is 0.253 e. The summed E-state index contributed by atoms with van der Waals surface area (Å²) < 4.78 is 0. The van der Waals surface area contributed by atoms with Gasteiger partial charge in [-0.15, -0.1) is 0 Å². The lowest BCUT2D eigenvalue weighted by Gasteiger charge is -2.02. The van der Waals surface area contributed by atoms with Gasteiger partial charge in [0.05, 0.1) is 5.56 Å². The van der Waals surface area contributed by atoms with E-state index in [2.05, 4.69) is 10.3 Å². The molecule has 0 bridgehead atoms. The summed E-state index contributed by atoms with van der Waals surface area (Å²) in [6.07, 6.45) is 0. The molecule has 16 heavy (non-hydrogen) atoms. The summed E-state index contributed by atoms with van der Waals surface area (Å²) in [6.45, 7) is 6.53. The van der Waals surface area contributed by atoms with Crippen LogP contribution in [-0.4, -0.2) is 17.4 Å². The molecule has 0 fully saturated rings. The van der Waals surface area contributed by atoms with Gasteiger partial charge in [0.2, 0.25) is 0 Å². The third-order valence-corrected chi connectivity index (χ3v) is 2.71. The average Bonchev–Trinajstić information content (AvgIpc) is 2.53. The first kappa shape index (κ1) is 10.7. The van der Waals surface area contributed by atoms with E-state index < -0.39 is 0 Å². The highest BCUT2D eigenvalue weighted by molar-refractivity contribution is 6.08. The molecule has 0 aliphatic heterocycles. The Morgan fingerprint density at radius 2 is 2.12 bits per heavy atom. The lowest BCUT2D eigenvalue weighted by atomic mass is 10.1. The van der Waals surface area contributed by atoms with E-state index in [1.54, 1.807) is 0 Å². The molecule has 0 atom stereocenters. The second-order valence-corrected chi connectivity index (χ2v) is 4.03. The largest absolute Gasteiger partial charge is 0.358 e. The first-order valence-electron chi connectivity index (χ1n) is 5.50. The van der Waals surface area contributed by atoms with Crippen molar-refractivity contribution in [2.45, 2.75) is 20.8 Å². The normalized spacial score (nSPS) is 10.7. The van der Waals surface area contributed by atoms with Crippen molar-refractivity contribution in [3.05, 3.63) is 35.0 Å². The summed E-state index contributed by atoms with van der Waals surface area (Å²) >= 11 is 0. The van der Waals surface area contributed by atoms with E-state index in [9.17, 15) is 4.79 Å². The minimum Gasteiger partial charge on any atom is -0.358 e. The number of hydrogen-bond acceptors (Lipinski definition) is 1. The number of nitrogens with one attached hydrogen (secondary N) is 2. The minimum absolute atomic E-state index is 0.00292. The SMILES string of the molecule is CCNC(=O)c1c(C)[nH]c2ccc(C)cc12. The Kier molecular flexibility index (Phi) is 2.69. The number of aromatic amines is 1. The van der Waals surface area contributed by atoms with E-state index in [4.69, 9.17) is 0 Å². The van der Waals surface area contributed by atoms with Crippen LogP contribution in [0.4, 0.5) is 0 Å². The number of benzene rings is 1. The van der Waals surface area contributed by atoms with Crippen molar-refractivity contribution >= 4 is 16.8 Å². The molecule has 0 saturated heterocycles. The Morgan fingerprint density at radius 1 is 1.38 bits per heavy atom. The third-order valence-electron chi connectivity index (χ3n) is 2.71. The predicted molar refractivity (Wildman–Crippen MR) is 65.8 cm³/mol. The fraction of sp³-hybridized carbons (Fsp3) is 0.308. The summed E-state index contributed by atoms with van der Waals surface area (Å²) in [4.78, 5) is 15.2. The van der Waals surface area contributed by atoms with Gasteiger partial charge >= 0.3 is 0 Å². The molecule has 2 aromatic rings. The summed E-state index contributed by atoms with van der Waals surface area (Å²) in [7, 11) is 0. The molecule has 2 N–H and O–H groups in total. The maximum Gasteiger partial charge on any atom is 0.253 e. The summed E-state index contributed by atoms with van der Waals surface area (Å²) in [5, 5.41) is 3.84. The van der Waals surface area contributed by atoms with Gasteiger partial charge in [0.1, 0.15) is 0 Å². The monoisotopic (exact) mass is 216 g/mol. The van der Waals surface area contributed by atoms with E-state index in [-0.39, 0.29) is 5.91 Å². The summed E-state index contributed by atoms with van der Waals surface area (Å²) in [5.41, 5.74) is 3.87. The molecule has 1 amide bonds. The van der Waals surface area contributed by atoms with Gasteiger partial charge in [-0.3, -0.25) is 4.79 Å². The van der Waals surface area contributed by atoms with E-state index in [0.717, 1.165) is 27.7 Å². The van der Waals surface area contributed by atoms with Crippen LogP contribution in [0.2, 0.25) is 0 Å². The van der Waals surface area contributed by atoms with Crippen molar-refractivity contribution in [1.82, 2.24) is 10.3 Å². The number of fused-ring (bicyclic) bond motifs is 1. The van der Waals surface area contributed by atoms with Crippen molar-refractivity contribution in [3.8, 4) is 0 Å². The van der Waals surface area contributed by atoms with Crippen LogP contribution in [0.1, 0.15) is 28.5 Å². The molecule has 0 saturated carbocycles. The molecular weight excluding hydrogens is 200 g/mol. The highest BCUT2D eigenvalue weighted by Crippen LogP contribution is 2.23. The van der Waals surface area contributed by atoms with Crippen LogP contribution in [0.15, 0.2) is 18.2 Å². The van der Waals surface area contributed by atoms with Crippen molar-refractivity contribution in [1.29, 1.82) is 0 Å². The first-order chi connectivity index (χ1) is 7.63. The molecule has 0 aliphatic carbocycles. The second-order valence-electron chi connectivity index (χ2n) is 4.03. The zero-order valence-electron chi connectivity index (χ0n) is 9.85. The molecule has 1 heterocycles. The van der Waals surface area contributed by atoms with Crippen LogP contribution in [0, 0.1) is 13.8 Å². The molecule has 0 radical (unpaired) electrons. The lowest BCUT2D eigenvalue weighted by Crippen LogP contribution is -2.23. The van der Waals surface area contributed by atoms with E-state index in [1.807, 2.05) is 39.0 Å². The second kappa shape index (κ2) is 4.00. The van der Waals surface area contributed by atoms with Crippen LogP contribution in [0.5, 0.6) is 0 Å². The van der Waals surface area contributed by atoms with E-state index >= 15 is 0 Å². The predicted octanol–water partition coefficient (Wildman–Crippen LogP) is 2.53. The van der Waals surface area contributed by atoms with Crippen LogP contribution in [-0.2, 0) is 0 Å². The minimum atomic E-state index is -0.00292. The van der Waals surface area contributed by atoms with Crippen molar-refractivity contribution in [2.75, 3.05) is 6.54 Å². The number of aryl methyl sites for hydroxylation is 2. The van der Waals surface area contributed by atoms with Crippen LogP contribution >= 0.6 is 0 Å². The average molecular weight is 216 g/mol. The molecular formula is C13H16N2O. The molecule has 0 aliphatic rings. The van der Waals surface area contributed by atoms with E-state index in [1.165, 1.54) is 0 Å². The Labute approximate surface area is 94.9 Å². The van der Waals surface area contributed by atoms with Gasteiger partial charge in [-0.05, 0) is 32.9 Å². The molecule has 1 aromatic heterocycles. The molecule has 1 aromatic carbocycles. The van der Waals surface area contributed by atoms with Crippen LogP contribution in [0.3, 0.4) is 0 Å². The third kappa shape index (κ3) is 1.69. The fourth-order valence-corrected chi connectivity index (χ4v) is 1.98. The number of carbonyl (C=O) groups excluding carboxylic acids is 1. The Bertz CT molecular complexity index is 540. The number of carbonyl (C=O) groups is 1. The summed E-state index contributed by atoms with van der Waals surface area (Å²) in [5.74, 6) is -0.00292. The van der Waals surface area contributed by atoms with Gasteiger partial charge in [-0.1, -0.05) is 11.6 Å². The van der Waals surface area contributed by atoms with Crippen molar-refractivity contribution in [3.63, 3.8) is 0 Å². The molecule has 2 rings (SSSR count). The Morgan fingerprint density at radius 3 is 2.81 bits per heavy atom. The maximum absolute atomic E-state index is 11.9. The van der Waals surface area contributed by atoms with Gasteiger partial charge in [-0.2, -0.15) is 0 Å².